The number of halogens is 1. The Labute approximate surface area is 135 Å². The van der Waals surface area contributed by atoms with E-state index >= 15 is 0 Å². The van der Waals surface area contributed by atoms with Gasteiger partial charge in [-0.05, 0) is 50.2 Å². The fourth-order valence-corrected chi connectivity index (χ4v) is 2.86. The minimum atomic E-state index is -0.227. The number of nitrogens with zero attached hydrogens (tertiary/aromatic N) is 1. The van der Waals surface area contributed by atoms with E-state index in [0.29, 0.717) is 18.1 Å². The lowest BCUT2D eigenvalue weighted by Gasteiger charge is -2.16. The van der Waals surface area contributed by atoms with Gasteiger partial charge < -0.3 is 14.0 Å². The monoisotopic (exact) mass is 313 g/mol. The van der Waals surface area contributed by atoms with Gasteiger partial charge in [0.15, 0.2) is 11.5 Å². The van der Waals surface area contributed by atoms with Gasteiger partial charge in [-0.25, -0.2) is 4.39 Å². The van der Waals surface area contributed by atoms with Gasteiger partial charge in [0.2, 0.25) is 0 Å². The first-order chi connectivity index (χ1) is 11.1. The van der Waals surface area contributed by atoms with Crippen LogP contribution in [0.15, 0.2) is 48.5 Å². The summed E-state index contributed by atoms with van der Waals surface area (Å²) in [5.41, 5.74) is 1.89. The maximum Gasteiger partial charge on any atom is 0.161 e. The molecule has 23 heavy (non-hydrogen) atoms. The predicted molar refractivity (Wildman–Crippen MR) is 89.6 cm³/mol. The van der Waals surface area contributed by atoms with Crippen LogP contribution in [-0.4, -0.2) is 11.7 Å². The van der Waals surface area contributed by atoms with Crippen LogP contribution in [0.3, 0.4) is 0 Å². The number of methoxy groups -OCH3 is 1. The van der Waals surface area contributed by atoms with Crippen LogP contribution in [0.5, 0.6) is 11.5 Å². The van der Waals surface area contributed by atoms with Crippen LogP contribution in [0.4, 0.5) is 4.39 Å². The maximum atomic E-state index is 13.6. The first kappa shape index (κ1) is 15.4. The summed E-state index contributed by atoms with van der Waals surface area (Å²) in [5.74, 6) is 1.17. The third kappa shape index (κ3) is 3.02. The molecule has 0 aliphatic carbocycles. The van der Waals surface area contributed by atoms with E-state index < -0.39 is 0 Å². The standard InChI is InChI=1S/C19H20FNO2/c1-13(2)21-16(10-14-8-9-15(20)11-17(14)21)12-23-19-7-5-4-6-18(19)22-3/h4-11,13H,12H2,1-3H3. The van der Waals surface area contributed by atoms with Gasteiger partial charge in [-0.1, -0.05) is 12.1 Å². The Morgan fingerprint density at radius 2 is 1.78 bits per heavy atom. The fourth-order valence-electron chi connectivity index (χ4n) is 2.86. The number of rotatable bonds is 5. The molecular formula is C19H20FNO2. The van der Waals surface area contributed by atoms with Crippen molar-refractivity contribution in [2.24, 2.45) is 0 Å². The van der Waals surface area contributed by atoms with Crippen molar-refractivity contribution in [3.05, 3.63) is 60.0 Å². The molecule has 0 aliphatic rings. The van der Waals surface area contributed by atoms with Crippen molar-refractivity contribution in [2.45, 2.75) is 26.5 Å². The van der Waals surface area contributed by atoms with E-state index in [1.807, 2.05) is 30.3 Å². The van der Waals surface area contributed by atoms with Crippen LogP contribution in [0.2, 0.25) is 0 Å². The van der Waals surface area contributed by atoms with E-state index in [1.165, 1.54) is 6.07 Å². The third-order valence-electron chi connectivity index (χ3n) is 3.84. The van der Waals surface area contributed by atoms with Gasteiger partial charge in [-0.3, -0.25) is 0 Å². The van der Waals surface area contributed by atoms with Crippen LogP contribution in [0.1, 0.15) is 25.6 Å². The third-order valence-corrected chi connectivity index (χ3v) is 3.84. The normalized spacial score (nSPS) is 11.2. The molecule has 0 unspecified atom stereocenters. The Balaban J connectivity index is 1.95. The maximum absolute atomic E-state index is 13.6. The minimum absolute atomic E-state index is 0.213. The second-order valence-corrected chi connectivity index (χ2v) is 5.74. The molecule has 0 fully saturated rings. The van der Waals surface area contributed by atoms with E-state index in [9.17, 15) is 4.39 Å². The highest BCUT2D eigenvalue weighted by molar-refractivity contribution is 5.81. The molecule has 1 aromatic heterocycles. The summed E-state index contributed by atoms with van der Waals surface area (Å²) in [6.07, 6.45) is 0. The molecule has 0 radical (unpaired) electrons. The number of para-hydroxylation sites is 2. The molecule has 0 saturated carbocycles. The van der Waals surface area contributed by atoms with Crippen LogP contribution >= 0.6 is 0 Å². The molecule has 120 valence electrons. The Bertz CT molecular complexity index is 823. The number of benzene rings is 2. The lowest BCUT2D eigenvalue weighted by Crippen LogP contribution is -2.08. The first-order valence-corrected chi connectivity index (χ1v) is 7.65. The molecule has 0 N–H and O–H groups in total. The zero-order valence-corrected chi connectivity index (χ0v) is 13.5. The van der Waals surface area contributed by atoms with E-state index in [-0.39, 0.29) is 11.9 Å². The lowest BCUT2D eigenvalue weighted by atomic mass is 10.2. The summed E-state index contributed by atoms with van der Waals surface area (Å²) >= 11 is 0. The van der Waals surface area contributed by atoms with Crippen molar-refractivity contribution in [2.75, 3.05) is 7.11 Å². The van der Waals surface area contributed by atoms with Gasteiger partial charge in [0.1, 0.15) is 12.4 Å². The fraction of sp³-hybridized carbons (Fsp3) is 0.263. The Hall–Kier alpha value is -2.49. The van der Waals surface area contributed by atoms with Crippen molar-refractivity contribution >= 4 is 10.9 Å². The molecule has 0 atom stereocenters. The Kier molecular flexibility index (Phi) is 4.24. The summed E-state index contributed by atoms with van der Waals surface area (Å²) in [4.78, 5) is 0. The molecule has 1 heterocycles. The van der Waals surface area contributed by atoms with Crippen molar-refractivity contribution < 1.29 is 13.9 Å². The first-order valence-electron chi connectivity index (χ1n) is 7.65. The summed E-state index contributed by atoms with van der Waals surface area (Å²) in [7, 11) is 1.62. The summed E-state index contributed by atoms with van der Waals surface area (Å²) in [5, 5.41) is 1.01. The molecule has 0 aliphatic heterocycles. The van der Waals surface area contributed by atoms with E-state index in [1.54, 1.807) is 19.2 Å². The van der Waals surface area contributed by atoms with Crippen LogP contribution in [-0.2, 0) is 6.61 Å². The van der Waals surface area contributed by atoms with E-state index in [4.69, 9.17) is 9.47 Å². The molecule has 3 rings (SSSR count). The number of fused-ring (bicyclic) bond motifs is 1. The summed E-state index contributed by atoms with van der Waals surface area (Å²) in [6.45, 7) is 4.56. The second-order valence-electron chi connectivity index (χ2n) is 5.74. The highest BCUT2D eigenvalue weighted by Gasteiger charge is 2.13. The Morgan fingerprint density at radius 1 is 1.04 bits per heavy atom. The highest BCUT2D eigenvalue weighted by Crippen LogP contribution is 2.29. The van der Waals surface area contributed by atoms with E-state index in [0.717, 1.165) is 16.6 Å². The summed E-state index contributed by atoms with van der Waals surface area (Å²) < 4.78 is 26.9. The quantitative estimate of drug-likeness (QED) is 0.665. The SMILES string of the molecule is COc1ccccc1OCc1cc2ccc(F)cc2n1C(C)C. The smallest absolute Gasteiger partial charge is 0.161 e. The topological polar surface area (TPSA) is 23.4 Å². The molecule has 0 bridgehead atoms. The Morgan fingerprint density at radius 3 is 2.48 bits per heavy atom. The summed E-state index contributed by atoms with van der Waals surface area (Å²) in [6, 6.07) is 14.7. The zero-order valence-electron chi connectivity index (χ0n) is 13.5. The van der Waals surface area contributed by atoms with Crippen molar-refractivity contribution in [3.63, 3.8) is 0 Å². The number of hydrogen-bond donors (Lipinski definition) is 0. The van der Waals surface area contributed by atoms with Crippen LogP contribution in [0.25, 0.3) is 10.9 Å². The molecule has 0 saturated heterocycles. The van der Waals surface area contributed by atoms with Gasteiger partial charge >= 0.3 is 0 Å². The molecular weight excluding hydrogens is 293 g/mol. The molecule has 0 spiro atoms. The predicted octanol–water partition coefficient (Wildman–Crippen LogP) is 4.95. The molecule has 2 aromatic carbocycles. The molecule has 0 amide bonds. The molecule has 3 aromatic rings. The average Bonchev–Trinajstić information content (AvgIpc) is 2.90. The zero-order chi connectivity index (χ0) is 16.4. The number of aromatic nitrogens is 1. The van der Waals surface area contributed by atoms with Crippen molar-refractivity contribution in [3.8, 4) is 11.5 Å². The van der Waals surface area contributed by atoms with Gasteiger partial charge in [0, 0.05) is 11.4 Å². The van der Waals surface area contributed by atoms with Crippen LogP contribution < -0.4 is 9.47 Å². The van der Waals surface area contributed by atoms with Crippen molar-refractivity contribution in [1.82, 2.24) is 4.57 Å². The molecule has 3 nitrogen and oxygen atoms in total. The number of ether oxygens (including phenoxy) is 2. The molecule has 4 heteroatoms. The highest BCUT2D eigenvalue weighted by atomic mass is 19.1. The van der Waals surface area contributed by atoms with Crippen molar-refractivity contribution in [1.29, 1.82) is 0 Å². The van der Waals surface area contributed by atoms with Gasteiger partial charge in [-0.15, -0.1) is 0 Å². The lowest BCUT2D eigenvalue weighted by molar-refractivity contribution is 0.274. The number of hydrogen-bond acceptors (Lipinski definition) is 2. The largest absolute Gasteiger partial charge is 0.493 e. The average molecular weight is 313 g/mol. The van der Waals surface area contributed by atoms with Gasteiger partial charge in [0.25, 0.3) is 0 Å². The van der Waals surface area contributed by atoms with Crippen LogP contribution in [0, 0.1) is 5.82 Å². The van der Waals surface area contributed by atoms with Gasteiger partial charge in [0.05, 0.1) is 18.3 Å². The van der Waals surface area contributed by atoms with Gasteiger partial charge in [-0.2, -0.15) is 0 Å². The minimum Gasteiger partial charge on any atom is -0.493 e. The second kappa shape index (κ2) is 6.32. The van der Waals surface area contributed by atoms with E-state index in [2.05, 4.69) is 18.4 Å².